The maximum atomic E-state index is 11.6. The highest BCUT2D eigenvalue weighted by molar-refractivity contribution is 5.95. The van der Waals surface area contributed by atoms with E-state index in [1.54, 1.807) is 6.07 Å². The highest BCUT2D eigenvalue weighted by Crippen LogP contribution is 2.38. The minimum atomic E-state index is -0.834. The topological polar surface area (TPSA) is 66.0 Å². The van der Waals surface area contributed by atoms with Crippen molar-refractivity contribution in [2.75, 3.05) is 0 Å². The molecule has 4 rings (SSSR count). The largest absolute Gasteiger partial charge is 0.478 e. The van der Waals surface area contributed by atoms with Crippen molar-refractivity contribution in [2.45, 2.75) is 38.5 Å². The zero-order valence-corrected chi connectivity index (χ0v) is 13.7. The second kappa shape index (κ2) is 5.78. The van der Waals surface area contributed by atoms with Gasteiger partial charge in [-0.2, -0.15) is 0 Å². The average Bonchev–Trinajstić information content (AvgIpc) is 3.23. The Morgan fingerprint density at radius 1 is 1.21 bits per heavy atom. The van der Waals surface area contributed by atoms with Crippen molar-refractivity contribution in [3.63, 3.8) is 0 Å². The first-order chi connectivity index (χ1) is 11.6. The van der Waals surface area contributed by atoms with E-state index in [0.29, 0.717) is 11.5 Å². The van der Waals surface area contributed by atoms with Crippen LogP contribution in [0.2, 0.25) is 0 Å². The molecule has 24 heavy (non-hydrogen) atoms. The molecule has 2 aromatic heterocycles. The summed E-state index contributed by atoms with van der Waals surface area (Å²) >= 11 is 0. The molecular weight excluding hydrogens is 300 g/mol. The number of nitrogens with one attached hydrogen (secondary N) is 1. The van der Waals surface area contributed by atoms with Gasteiger partial charge in [-0.15, -0.1) is 0 Å². The van der Waals surface area contributed by atoms with Crippen LogP contribution in [0.4, 0.5) is 0 Å². The smallest absolute Gasteiger partial charge is 0.335 e. The number of carbonyl (C=O) groups is 1. The van der Waals surface area contributed by atoms with Gasteiger partial charge in [-0.3, -0.25) is 0 Å². The van der Waals surface area contributed by atoms with E-state index in [0.717, 1.165) is 46.3 Å². The summed E-state index contributed by atoms with van der Waals surface area (Å²) in [5, 5.41) is 10.6. The van der Waals surface area contributed by atoms with E-state index in [-0.39, 0.29) is 0 Å². The molecule has 1 saturated carbocycles. The third-order valence-corrected chi connectivity index (χ3v) is 5.07. The molecule has 1 aliphatic carbocycles. The monoisotopic (exact) mass is 320 g/mol. The van der Waals surface area contributed by atoms with Gasteiger partial charge in [-0.25, -0.2) is 9.78 Å². The van der Waals surface area contributed by atoms with Crippen LogP contribution in [-0.2, 0) is 0 Å². The Bertz CT molecular complexity index is 921. The lowest BCUT2D eigenvalue weighted by Gasteiger charge is -2.14. The Morgan fingerprint density at radius 2 is 2.00 bits per heavy atom. The molecule has 0 atom stereocenters. The van der Waals surface area contributed by atoms with Crippen molar-refractivity contribution in [1.29, 1.82) is 0 Å². The highest BCUT2D eigenvalue weighted by Gasteiger charge is 2.23. The normalized spacial score (nSPS) is 15.2. The van der Waals surface area contributed by atoms with Crippen LogP contribution in [-0.4, -0.2) is 21.0 Å². The van der Waals surface area contributed by atoms with Crippen molar-refractivity contribution >= 4 is 17.0 Å². The number of rotatable bonds is 3. The second-order valence-electron chi connectivity index (χ2n) is 6.64. The molecule has 1 aromatic carbocycles. The molecule has 0 saturated heterocycles. The molecule has 0 radical (unpaired) electrons. The van der Waals surface area contributed by atoms with Crippen molar-refractivity contribution in [1.82, 2.24) is 9.97 Å². The zero-order chi connectivity index (χ0) is 16.7. The van der Waals surface area contributed by atoms with Crippen LogP contribution in [0, 0.1) is 6.92 Å². The Labute approximate surface area is 140 Å². The van der Waals surface area contributed by atoms with E-state index < -0.39 is 5.97 Å². The van der Waals surface area contributed by atoms with Crippen LogP contribution in [0.3, 0.4) is 0 Å². The number of aryl methyl sites for hydroxylation is 1. The third-order valence-electron chi connectivity index (χ3n) is 5.07. The van der Waals surface area contributed by atoms with Crippen LogP contribution < -0.4 is 0 Å². The first kappa shape index (κ1) is 14.9. The lowest BCUT2D eigenvalue weighted by atomic mass is 9.89. The first-order valence-corrected chi connectivity index (χ1v) is 8.46. The molecule has 1 fully saturated rings. The van der Waals surface area contributed by atoms with Gasteiger partial charge in [-0.1, -0.05) is 18.9 Å². The summed E-state index contributed by atoms with van der Waals surface area (Å²) < 4.78 is 0. The van der Waals surface area contributed by atoms with Crippen LogP contribution in [0.5, 0.6) is 0 Å². The van der Waals surface area contributed by atoms with Gasteiger partial charge in [0.2, 0.25) is 0 Å². The Morgan fingerprint density at radius 3 is 2.75 bits per heavy atom. The minimum absolute atomic E-state index is 0.363. The standard InChI is InChI=1S/C20H20N2O2/c1-12-6-8-15-18(11-21-19(15)22-12)14-7-9-16(20(23)24)17(10-14)13-4-2-3-5-13/h6-11,13H,2-5H2,1H3,(H,21,22)(H,23,24). The fraction of sp³-hybridized carbons (Fsp3) is 0.300. The Hall–Kier alpha value is -2.62. The predicted octanol–water partition coefficient (Wildman–Crippen LogP) is 4.89. The molecule has 4 heteroatoms. The Kier molecular flexibility index (Phi) is 3.60. The van der Waals surface area contributed by atoms with Crippen LogP contribution >= 0.6 is 0 Å². The molecule has 2 heterocycles. The van der Waals surface area contributed by atoms with E-state index in [9.17, 15) is 9.90 Å². The van der Waals surface area contributed by atoms with E-state index in [1.807, 2.05) is 25.3 Å². The SMILES string of the molecule is Cc1ccc2c(-c3ccc(C(=O)O)c(C4CCCC4)c3)c[nH]c2n1. The van der Waals surface area contributed by atoms with E-state index in [2.05, 4.69) is 22.1 Å². The van der Waals surface area contributed by atoms with Crippen molar-refractivity contribution in [2.24, 2.45) is 0 Å². The first-order valence-electron chi connectivity index (χ1n) is 8.46. The van der Waals surface area contributed by atoms with Crippen molar-refractivity contribution < 1.29 is 9.90 Å². The van der Waals surface area contributed by atoms with E-state index >= 15 is 0 Å². The van der Waals surface area contributed by atoms with Gasteiger partial charge in [0.25, 0.3) is 0 Å². The van der Waals surface area contributed by atoms with Crippen LogP contribution in [0.25, 0.3) is 22.2 Å². The molecule has 122 valence electrons. The Balaban J connectivity index is 1.85. The summed E-state index contributed by atoms with van der Waals surface area (Å²) in [6.45, 7) is 1.97. The minimum Gasteiger partial charge on any atom is -0.478 e. The third kappa shape index (κ3) is 2.48. The molecule has 3 aromatic rings. The van der Waals surface area contributed by atoms with Crippen molar-refractivity contribution in [3.05, 3.63) is 53.3 Å². The number of carboxylic acid groups (broad SMARTS) is 1. The van der Waals surface area contributed by atoms with Gasteiger partial charge in [0.1, 0.15) is 5.65 Å². The lowest BCUT2D eigenvalue weighted by molar-refractivity contribution is 0.0695. The molecule has 4 nitrogen and oxygen atoms in total. The number of aromatic nitrogens is 2. The van der Waals surface area contributed by atoms with E-state index in [4.69, 9.17) is 0 Å². The second-order valence-corrected chi connectivity index (χ2v) is 6.64. The maximum absolute atomic E-state index is 11.6. The summed E-state index contributed by atoms with van der Waals surface area (Å²) in [5.41, 5.74) is 5.40. The number of carboxylic acids is 1. The van der Waals surface area contributed by atoms with Crippen LogP contribution in [0.15, 0.2) is 36.5 Å². The van der Waals surface area contributed by atoms with Gasteiger partial charge in [-0.05, 0) is 61.1 Å². The summed E-state index contributed by atoms with van der Waals surface area (Å²) in [6.07, 6.45) is 6.50. The number of aromatic amines is 1. The predicted molar refractivity (Wildman–Crippen MR) is 94.4 cm³/mol. The molecular formula is C20H20N2O2. The fourth-order valence-electron chi connectivity index (χ4n) is 3.84. The summed E-state index contributed by atoms with van der Waals surface area (Å²) in [7, 11) is 0. The molecule has 1 aliphatic rings. The number of aromatic carboxylic acids is 1. The van der Waals surface area contributed by atoms with Gasteiger partial charge < -0.3 is 10.1 Å². The molecule has 0 unspecified atom stereocenters. The van der Waals surface area contributed by atoms with Crippen molar-refractivity contribution in [3.8, 4) is 11.1 Å². The van der Waals surface area contributed by atoms with Gasteiger partial charge in [0, 0.05) is 22.8 Å². The molecule has 0 aliphatic heterocycles. The number of hydrogen-bond acceptors (Lipinski definition) is 2. The number of benzene rings is 1. The molecule has 2 N–H and O–H groups in total. The number of pyridine rings is 1. The molecule has 0 bridgehead atoms. The highest BCUT2D eigenvalue weighted by atomic mass is 16.4. The number of nitrogens with zero attached hydrogens (tertiary/aromatic N) is 1. The van der Waals surface area contributed by atoms with Gasteiger partial charge in [0.05, 0.1) is 5.56 Å². The summed E-state index contributed by atoms with van der Waals surface area (Å²) in [6, 6.07) is 9.81. The number of hydrogen-bond donors (Lipinski definition) is 2. The van der Waals surface area contributed by atoms with Gasteiger partial charge in [0.15, 0.2) is 0 Å². The molecule has 0 spiro atoms. The number of H-pyrrole nitrogens is 1. The summed E-state index contributed by atoms with van der Waals surface area (Å²) in [4.78, 5) is 19.4. The quantitative estimate of drug-likeness (QED) is 0.721. The van der Waals surface area contributed by atoms with Crippen LogP contribution in [0.1, 0.15) is 53.2 Å². The lowest BCUT2D eigenvalue weighted by Crippen LogP contribution is -2.05. The number of fused-ring (bicyclic) bond motifs is 1. The maximum Gasteiger partial charge on any atom is 0.335 e. The molecule has 0 amide bonds. The fourth-order valence-corrected chi connectivity index (χ4v) is 3.84. The zero-order valence-electron chi connectivity index (χ0n) is 13.7. The average molecular weight is 320 g/mol. The summed E-state index contributed by atoms with van der Waals surface area (Å²) in [5.74, 6) is -0.471. The van der Waals surface area contributed by atoms with Gasteiger partial charge >= 0.3 is 5.97 Å². The van der Waals surface area contributed by atoms with E-state index in [1.165, 1.54) is 12.8 Å².